The molecular formula is C23H19NO4S2. The molecule has 5 nitrogen and oxygen atoms in total. The lowest BCUT2D eigenvalue weighted by Gasteiger charge is -2.10. The Hall–Kier alpha value is -3.03. The highest BCUT2D eigenvalue weighted by Crippen LogP contribution is 2.32. The molecule has 1 saturated heterocycles. The lowest BCUT2D eigenvalue weighted by atomic mass is 10.0. The standard InChI is InChI=1S/C23H19NO4S2/c1-14-3-9-18(15(2)11-14)19(25)10-8-16-4-6-17(7-5-16)12-20-22(28)24(13-21(26)27)23(29)30-20/h3-12H,13H2,1-2H3,(H,26,27)/b10-8+,20-12+. The van der Waals surface area contributed by atoms with Gasteiger partial charge in [-0.3, -0.25) is 19.3 Å². The highest BCUT2D eigenvalue weighted by atomic mass is 32.2. The number of thioether (sulfide) groups is 1. The zero-order chi connectivity index (χ0) is 21.8. The fourth-order valence-corrected chi connectivity index (χ4v) is 4.23. The van der Waals surface area contributed by atoms with E-state index in [9.17, 15) is 14.4 Å². The molecule has 0 saturated carbocycles. The van der Waals surface area contributed by atoms with Crippen molar-refractivity contribution in [1.82, 2.24) is 4.90 Å². The second-order valence-corrected chi connectivity index (χ2v) is 8.52. The Morgan fingerprint density at radius 2 is 1.77 bits per heavy atom. The van der Waals surface area contributed by atoms with Gasteiger partial charge in [0.25, 0.3) is 5.91 Å². The number of rotatable bonds is 6. The van der Waals surface area contributed by atoms with Crippen LogP contribution in [0.25, 0.3) is 12.2 Å². The molecule has 0 aliphatic carbocycles. The van der Waals surface area contributed by atoms with Gasteiger partial charge in [0.05, 0.1) is 4.91 Å². The maximum Gasteiger partial charge on any atom is 0.323 e. The first-order valence-corrected chi connectivity index (χ1v) is 10.3. The molecule has 0 radical (unpaired) electrons. The summed E-state index contributed by atoms with van der Waals surface area (Å²) in [6, 6.07) is 13.1. The number of carbonyl (C=O) groups excluding carboxylic acids is 2. The summed E-state index contributed by atoms with van der Waals surface area (Å²) < 4.78 is 0.234. The molecule has 0 aromatic heterocycles. The molecule has 3 rings (SSSR count). The van der Waals surface area contributed by atoms with Crippen LogP contribution < -0.4 is 0 Å². The first-order valence-electron chi connectivity index (χ1n) is 9.11. The molecule has 1 N–H and O–H groups in total. The maximum atomic E-state index is 12.4. The Balaban J connectivity index is 1.71. The number of carbonyl (C=O) groups is 3. The summed E-state index contributed by atoms with van der Waals surface area (Å²) >= 11 is 6.17. The Kier molecular flexibility index (Phi) is 6.64. The first-order chi connectivity index (χ1) is 14.2. The van der Waals surface area contributed by atoms with E-state index in [1.54, 1.807) is 18.2 Å². The monoisotopic (exact) mass is 437 g/mol. The predicted octanol–water partition coefficient (Wildman–Crippen LogP) is 4.49. The van der Waals surface area contributed by atoms with Crippen molar-refractivity contribution in [2.75, 3.05) is 6.54 Å². The van der Waals surface area contributed by atoms with E-state index in [-0.39, 0.29) is 10.1 Å². The number of benzene rings is 2. The van der Waals surface area contributed by atoms with Crippen LogP contribution in [0.1, 0.15) is 32.6 Å². The third kappa shape index (κ3) is 5.11. The quantitative estimate of drug-likeness (QED) is 0.408. The van der Waals surface area contributed by atoms with Gasteiger partial charge in [0.2, 0.25) is 0 Å². The van der Waals surface area contributed by atoms with Crippen LogP contribution in [0.5, 0.6) is 0 Å². The van der Waals surface area contributed by atoms with E-state index >= 15 is 0 Å². The zero-order valence-corrected chi connectivity index (χ0v) is 18.0. The second kappa shape index (κ2) is 9.19. The minimum Gasteiger partial charge on any atom is -0.480 e. The molecule has 2 aromatic rings. The molecule has 1 fully saturated rings. The van der Waals surface area contributed by atoms with Gasteiger partial charge in [0.15, 0.2) is 5.78 Å². The lowest BCUT2D eigenvalue weighted by Crippen LogP contribution is -2.33. The van der Waals surface area contributed by atoms with Gasteiger partial charge < -0.3 is 5.11 Å². The van der Waals surface area contributed by atoms with Crippen molar-refractivity contribution in [3.05, 3.63) is 81.3 Å². The van der Waals surface area contributed by atoms with Crippen molar-refractivity contribution in [2.45, 2.75) is 13.8 Å². The number of hydrogen-bond acceptors (Lipinski definition) is 5. The third-order valence-electron chi connectivity index (χ3n) is 4.48. The van der Waals surface area contributed by atoms with Crippen molar-refractivity contribution < 1.29 is 19.5 Å². The molecule has 1 aliphatic heterocycles. The zero-order valence-electron chi connectivity index (χ0n) is 16.4. The number of allylic oxidation sites excluding steroid dienone is 1. The fourth-order valence-electron chi connectivity index (χ4n) is 2.98. The van der Waals surface area contributed by atoms with E-state index in [1.165, 1.54) is 0 Å². The molecule has 0 spiro atoms. The first kappa shape index (κ1) is 21.7. The number of hydrogen-bond donors (Lipinski definition) is 1. The van der Waals surface area contributed by atoms with Crippen molar-refractivity contribution in [2.24, 2.45) is 0 Å². The van der Waals surface area contributed by atoms with E-state index in [1.807, 2.05) is 56.3 Å². The third-order valence-corrected chi connectivity index (χ3v) is 5.85. The Morgan fingerprint density at radius 1 is 1.10 bits per heavy atom. The van der Waals surface area contributed by atoms with Crippen molar-refractivity contribution >= 4 is 58.1 Å². The molecule has 1 heterocycles. The summed E-state index contributed by atoms with van der Waals surface area (Å²) in [5, 5.41) is 8.89. The van der Waals surface area contributed by atoms with Gasteiger partial charge in [-0.05, 0) is 42.7 Å². The summed E-state index contributed by atoms with van der Waals surface area (Å²) in [5.74, 6) is -1.58. The highest BCUT2D eigenvalue weighted by Gasteiger charge is 2.33. The van der Waals surface area contributed by atoms with Crippen LogP contribution in [0.3, 0.4) is 0 Å². The van der Waals surface area contributed by atoms with Crippen LogP contribution in [0.15, 0.2) is 53.4 Å². The fraction of sp³-hybridized carbons (Fsp3) is 0.130. The van der Waals surface area contributed by atoms with Crippen LogP contribution in [-0.2, 0) is 9.59 Å². The molecule has 2 aromatic carbocycles. The van der Waals surface area contributed by atoms with Gasteiger partial charge in [-0.2, -0.15) is 0 Å². The molecule has 0 bridgehead atoms. The molecule has 30 heavy (non-hydrogen) atoms. The number of nitrogens with zero attached hydrogens (tertiary/aromatic N) is 1. The van der Waals surface area contributed by atoms with E-state index < -0.39 is 18.4 Å². The summed E-state index contributed by atoms with van der Waals surface area (Å²) in [6.45, 7) is 3.46. The van der Waals surface area contributed by atoms with Crippen LogP contribution in [0.4, 0.5) is 0 Å². The Labute approximate surface area is 184 Å². The Bertz CT molecular complexity index is 1100. The van der Waals surface area contributed by atoms with Crippen molar-refractivity contribution in [1.29, 1.82) is 0 Å². The number of carboxylic acid groups (broad SMARTS) is 1. The van der Waals surface area contributed by atoms with Crippen LogP contribution in [-0.4, -0.2) is 38.5 Å². The van der Waals surface area contributed by atoms with Crippen LogP contribution >= 0.6 is 24.0 Å². The number of amides is 1. The lowest BCUT2D eigenvalue weighted by molar-refractivity contribution is -0.140. The van der Waals surface area contributed by atoms with Gasteiger partial charge in [-0.15, -0.1) is 0 Å². The average molecular weight is 438 g/mol. The summed E-state index contributed by atoms with van der Waals surface area (Å²) in [6.07, 6.45) is 4.97. The molecule has 7 heteroatoms. The maximum absolute atomic E-state index is 12.4. The molecule has 0 atom stereocenters. The van der Waals surface area contributed by atoms with E-state index in [0.717, 1.165) is 38.9 Å². The average Bonchev–Trinajstić information content (AvgIpc) is 2.94. The molecule has 1 aliphatic rings. The molecule has 152 valence electrons. The van der Waals surface area contributed by atoms with Crippen molar-refractivity contribution in [3.8, 4) is 0 Å². The van der Waals surface area contributed by atoms with Gasteiger partial charge in [0, 0.05) is 5.56 Å². The van der Waals surface area contributed by atoms with Gasteiger partial charge in [-0.25, -0.2) is 0 Å². The Morgan fingerprint density at radius 3 is 2.40 bits per heavy atom. The predicted molar refractivity (Wildman–Crippen MR) is 123 cm³/mol. The van der Waals surface area contributed by atoms with E-state index in [0.29, 0.717) is 10.5 Å². The topological polar surface area (TPSA) is 74.7 Å². The normalized spacial score (nSPS) is 15.4. The van der Waals surface area contributed by atoms with Crippen LogP contribution in [0.2, 0.25) is 0 Å². The molecule has 0 unspecified atom stereocenters. The number of ketones is 1. The van der Waals surface area contributed by atoms with Gasteiger partial charge >= 0.3 is 5.97 Å². The molecule has 1 amide bonds. The largest absolute Gasteiger partial charge is 0.480 e. The SMILES string of the molecule is Cc1ccc(C(=O)/C=C/c2ccc(/C=C3/SC(=S)N(CC(=O)O)C3=O)cc2)c(C)c1. The second-order valence-electron chi connectivity index (χ2n) is 6.84. The smallest absolute Gasteiger partial charge is 0.323 e. The summed E-state index contributed by atoms with van der Waals surface area (Å²) in [7, 11) is 0. The number of carboxylic acids is 1. The van der Waals surface area contributed by atoms with Gasteiger partial charge in [-0.1, -0.05) is 78.1 Å². The minimum absolute atomic E-state index is 0.0568. The number of aryl methyl sites for hydroxylation is 2. The highest BCUT2D eigenvalue weighted by molar-refractivity contribution is 8.26. The van der Waals surface area contributed by atoms with E-state index in [4.69, 9.17) is 17.3 Å². The molecular weight excluding hydrogens is 418 g/mol. The summed E-state index contributed by atoms with van der Waals surface area (Å²) in [4.78, 5) is 37.1. The number of thiocarbonyl (C=S) groups is 1. The van der Waals surface area contributed by atoms with Crippen LogP contribution in [0, 0.1) is 13.8 Å². The van der Waals surface area contributed by atoms with Crippen molar-refractivity contribution in [3.63, 3.8) is 0 Å². The van der Waals surface area contributed by atoms with E-state index in [2.05, 4.69) is 0 Å². The number of aliphatic carboxylic acids is 1. The summed E-state index contributed by atoms with van der Waals surface area (Å²) in [5.41, 5.74) is 4.37. The minimum atomic E-state index is -1.11. The van der Waals surface area contributed by atoms with Gasteiger partial charge in [0.1, 0.15) is 10.9 Å².